The maximum Gasteiger partial charge on any atom is 0.446 e. The fraction of sp³-hybridized carbons (Fsp3) is 0.500. The Morgan fingerprint density at radius 1 is 1.27 bits per heavy atom. The second kappa shape index (κ2) is 7.39. The normalized spacial score (nSPS) is 20.5. The van der Waals surface area contributed by atoms with Gasteiger partial charge in [0.05, 0.1) is 4.90 Å². The van der Waals surface area contributed by atoms with Gasteiger partial charge < -0.3 is 5.32 Å². The lowest BCUT2D eigenvalue weighted by Gasteiger charge is -2.32. The molecular weight excluding hydrogens is 361 g/mol. The lowest BCUT2D eigenvalue weighted by Crippen LogP contribution is -2.52. The van der Waals surface area contributed by atoms with E-state index >= 15 is 0 Å². The van der Waals surface area contributed by atoms with Crippen molar-refractivity contribution in [3.63, 3.8) is 0 Å². The first-order valence-corrected chi connectivity index (χ1v) is 8.54. The zero-order chi connectivity index (χ0) is 15.7. The number of benzene rings is 1. The van der Waals surface area contributed by atoms with Crippen LogP contribution in [-0.2, 0) is 10.0 Å². The van der Waals surface area contributed by atoms with Gasteiger partial charge in [0.1, 0.15) is 0 Å². The standard InChI is InChI=1S/C12H15F3N2O2S2.ClH/c1-9-8-16-6-7-17(9)21(18,19)11-4-2-10(3-5-11)20-12(13,14)15;/h2-5,9,16H,6-8H2,1H3;1H. The fourth-order valence-corrected chi connectivity index (χ4v) is 4.30. The molecule has 1 unspecified atom stereocenters. The van der Waals surface area contributed by atoms with Crippen molar-refractivity contribution in [1.29, 1.82) is 0 Å². The van der Waals surface area contributed by atoms with E-state index in [1.165, 1.54) is 28.6 Å². The van der Waals surface area contributed by atoms with Gasteiger partial charge in [-0.15, -0.1) is 12.4 Å². The van der Waals surface area contributed by atoms with Crippen LogP contribution in [0.5, 0.6) is 0 Å². The molecule has 1 fully saturated rings. The molecule has 126 valence electrons. The number of nitrogens with zero attached hydrogens (tertiary/aromatic N) is 1. The summed E-state index contributed by atoms with van der Waals surface area (Å²) in [4.78, 5) is -0.0161. The van der Waals surface area contributed by atoms with Crippen LogP contribution < -0.4 is 5.32 Å². The predicted octanol–water partition coefficient (Wildman–Crippen LogP) is 2.70. The Kier molecular flexibility index (Phi) is 6.58. The van der Waals surface area contributed by atoms with Gasteiger partial charge in [-0.3, -0.25) is 0 Å². The molecule has 0 aromatic heterocycles. The largest absolute Gasteiger partial charge is 0.446 e. The van der Waals surface area contributed by atoms with Gasteiger partial charge in [-0.1, -0.05) is 0 Å². The number of nitrogens with one attached hydrogen (secondary N) is 1. The van der Waals surface area contributed by atoms with Crippen molar-refractivity contribution < 1.29 is 21.6 Å². The van der Waals surface area contributed by atoms with Gasteiger partial charge in [-0.2, -0.15) is 17.5 Å². The van der Waals surface area contributed by atoms with E-state index in [1.54, 1.807) is 6.92 Å². The monoisotopic (exact) mass is 376 g/mol. The molecule has 0 amide bonds. The van der Waals surface area contributed by atoms with Crippen LogP contribution in [0.25, 0.3) is 0 Å². The Morgan fingerprint density at radius 2 is 1.86 bits per heavy atom. The summed E-state index contributed by atoms with van der Waals surface area (Å²) in [6.07, 6.45) is 0. The topological polar surface area (TPSA) is 49.4 Å². The summed E-state index contributed by atoms with van der Waals surface area (Å²) in [6, 6.07) is 4.61. The van der Waals surface area contributed by atoms with Gasteiger partial charge >= 0.3 is 5.51 Å². The Hall–Kier alpha value is -0.480. The summed E-state index contributed by atoms with van der Waals surface area (Å²) in [5.41, 5.74) is -4.38. The SMILES string of the molecule is CC1CNCCN1S(=O)(=O)c1ccc(SC(F)(F)F)cc1.Cl. The zero-order valence-electron chi connectivity index (χ0n) is 11.6. The van der Waals surface area contributed by atoms with Crippen molar-refractivity contribution in [1.82, 2.24) is 9.62 Å². The molecule has 22 heavy (non-hydrogen) atoms. The molecule has 0 bridgehead atoms. The van der Waals surface area contributed by atoms with Crippen LogP contribution in [-0.4, -0.2) is 43.9 Å². The van der Waals surface area contributed by atoms with Crippen molar-refractivity contribution in [2.45, 2.75) is 28.3 Å². The van der Waals surface area contributed by atoms with Crippen molar-refractivity contribution in [3.8, 4) is 0 Å². The predicted molar refractivity (Wildman–Crippen MR) is 81.8 cm³/mol. The maximum atomic E-state index is 12.5. The van der Waals surface area contributed by atoms with E-state index in [-0.39, 0.29) is 40.0 Å². The van der Waals surface area contributed by atoms with Gasteiger partial charge in [0.15, 0.2) is 0 Å². The Labute approximate surface area is 137 Å². The highest BCUT2D eigenvalue weighted by Gasteiger charge is 2.32. The molecule has 1 atom stereocenters. The second-order valence-corrected chi connectivity index (χ2v) is 7.72. The van der Waals surface area contributed by atoms with E-state index in [4.69, 9.17) is 0 Å². The van der Waals surface area contributed by atoms with Crippen molar-refractivity contribution >= 4 is 34.2 Å². The third-order valence-electron chi connectivity index (χ3n) is 3.10. The van der Waals surface area contributed by atoms with Crippen LogP contribution in [0, 0.1) is 0 Å². The summed E-state index contributed by atoms with van der Waals surface area (Å²) in [7, 11) is -3.67. The molecule has 0 saturated carbocycles. The quantitative estimate of drug-likeness (QED) is 0.824. The van der Waals surface area contributed by atoms with Crippen LogP contribution in [0.1, 0.15) is 6.92 Å². The Balaban J connectivity index is 0.00000242. The summed E-state index contributed by atoms with van der Waals surface area (Å²) >= 11 is -0.262. The lowest BCUT2D eigenvalue weighted by atomic mass is 10.3. The number of hydrogen-bond donors (Lipinski definition) is 1. The lowest BCUT2D eigenvalue weighted by molar-refractivity contribution is -0.0328. The van der Waals surface area contributed by atoms with Crippen LogP contribution in [0.3, 0.4) is 0 Å². The molecule has 1 N–H and O–H groups in total. The van der Waals surface area contributed by atoms with E-state index < -0.39 is 15.5 Å². The average Bonchev–Trinajstić information content (AvgIpc) is 2.37. The number of thioether (sulfide) groups is 1. The Bertz CT molecular complexity index is 593. The summed E-state index contributed by atoms with van der Waals surface area (Å²) in [5.74, 6) is 0. The van der Waals surface area contributed by atoms with Gasteiger partial charge in [0, 0.05) is 30.6 Å². The number of piperazine rings is 1. The summed E-state index contributed by atoms with van der Waals surface area (Å²) in [6.45, 7) is 3.26. The van der Waals surface area contributed by atoms with E-state index in [9.17, 15) is 21.6 Å². The molecule has 1 heterocycles. The molecule has 1 saturated heterocycles. The third kappa shape index (κ3) is 4.76. The van der Waals surface area contributed by atoms with Crippen LogP contribution in [0.15, 0.2) is 34.1 Å². The molecule has 1 aromatic rings. The van der Waals surface area contributed by atoms with Gasteiger partial charge in [-0.05, 0) is 43.0 Å². The number of hydrogen-bond acceptors (Lipinski definition) is 4. The molecule has 0 spiro atoms. The Morgan fingerprint density at radius 3 is 2.36 bits per heavy atom. The third-order valence-corrected chi connectivity index (χ3v) is 5.87. The summed E-state index contributed by atoms with van der Waals surface area (Å²) in [5, 5.41) is 3.09. The molecule has 0 radical (unpaired) electrons. The zero-order valence-corrected chi connectivity index (χ0v) is 14.1. The molecule has 1 aliphatic rings. The molecule has 1 aromatic carbocycles. The van der Waals surface area contributed by atoms with Crippen molar-refractivity contribution in [2.24, 2.45) is 0 Å². The first-order chi connectivity index (χ1) is 9.70. The fourth-order valence-electron chi connectivity index (χ4n) is 2.13. The highest BCUT2D eigenvalue weighted by molar-refractivity contribution is 8.00. The molecule has 10 heteroatoms. The molecule has 2 rings (SSSR count). The van der Waals surface area contributed by atoms with Gasteiger partial charge in [0.25, 0.3) is 0 Å². The van der Waals surface area contributed by atoms with E-state index in [1.807, 2.05) is 0 Å². The molecule has 1 aliphatic heterocycles. The maximum absolute atomic E-state index is 12.5. The minimum Gasteiger partial charge on any atom is -0.314 e. The minimum absolute atomic E-state index is 0. The molecule has 0 aliphatic carbocycles. The van der Waals surface area contributed by atoms with E-state index in [0.29, 0.717) is 19.6 Å². The van der Waals surface area contributed by atoms with Crippen molar-refractivity contribution in [2.75, 3.05) is 19.6 Å². The molecular formula is C12H16ClF3N2O2S2. The first-order valence-electron chi connectivity index (χ1n) is 6.28. The highest BCUT2D eigenvalue weighted by atomic mass is 35.5. The van der Waals surface area contributed by atoms with E-state index in [0.717, 1.165) is 0 Å². The van der Waals surface area contributed by atoms with Crippen molar-refractivity contribution in [3.05, 3.63) is 24.3 Å². The highest BCUT2D eigenvalue weighted by Crippen LogP contribution is 2.37. The van der Waals surface area contributed by atoms with Gasteiger partial charge in [-0.25, -0.2) is 8.42 Å². The minimum atomic E-state index is -4.38. The number of sulfonamides is 1. The number of rotatable bonds is 3. The van der Waals surface area contributed by atoms with Gasteiger partial charge in [0.2, 0.25) is 10.0 Å². The van der Waals surface area contributed by atoms with Crippen LogP contribution in [0.2, 0.25) is 0 Å². The second-order valence-electron chi connectivity index (χ2n) is 4.69. The number of alkyl halides is 3. The first kappa shape index (κ1) is 19.6. The van der Waals surface area contributed by atoms with Crippen LogP contribution >= 0.6 is 24.2 Å². The average molecular weight is 377 g/mol. The number of halogens is 4. The van der Waals surface area contributed by atoms with Crippen LogP contribution in [0.4, 0.5) is 13.2 Å². The smallest absolute Gasteiger partial charge is 0.314 e. The summed E-state index contributed by atoms with van der Waals surface area (Å²) < 4.78 is 63.0. The van der Waals surface area contributed by atoms with E-state index in [2.05, 4.69) is 5.32 Å². The molecule has 4 nitrogen and oxygen atoms in total.